The highest BCUT2D eigenvalue weighted by Gasteiger charge is 2.19. The molecule has 0 radical (unpaired) electrons. The van der Waals surface area contributed by atoms with Gasteiger partial charge in [-0.05, 0) is 24.3 Å². The molecule has 0 saturated carbocycles. The first-order valence-corrected chi connectivity index (χ1v) is 8.31. The molecule has 0 fully saturated rings. The van der Waals surface area contributed by atoms with Crippen LogP contribution >= 0.6 is 12.4 Å². The summed E-state index contributed by atoms with van der Waals surface area (Å²) in [5.74, 6) is 0.893. The standard InChI is InChI=1S/C19H22N4O3.ClH/c1-25-13(12-20)11-18(24)22-19-21-14-7-3-4-8-15(14)23(19)16-9-5-6-10-17(16)26-2;/h3-10,13H,11-12,20H2,1-2H3,(H,21,22,24);1H. The van der Waals surface area contributed by atoms with Gasteiger partial charge in [-0.25, -0.2) is 4.98 Å². The Morgan fingerprint density at radius 1 is 1.19 bits per heavy atom. The number of amides is 1. The Bertz CT molecular complexity index is 909. The van der Waals surface area contributed by atoms with E-state index in [-0.39, 0.29) is 37.4 Å². The fourth-order valence-corrected chi connectivity index (χ4v) is 2.81. The van der Waals surface area contributed by atoms with E-state index in [1.807, 2.05) is 53.1 Å². The minimum Gasteiger partial charge on any atom is -0.495 e. The van der Waals surface area contributed by atoms with Gasteiger partial charge in [-0.2, -0.15) is 0 Å². The first-order chi connectivity index (χ1) is 12.7. The predicted molar refractivity (Wildman–Crippen MR) is 108 cm³/mol. The summed E-state index contributed by atoms with van der Waals surface area (Å²) in [5.41, 5.74) is 8.04. The summed E-state index contributed by atoms with van der Waals surface area (Å²) in [4.78, 5) is 17.0. The lowest BCUT2D eigenvalue weighted by molar-refractivity contribution is -0.118. The number of fused-ring (bicyclic) bond motifs is 1. The number of nitrogens with one attached hydrogen (secondary N) is 1. The van der Waals surface area contributed by atoms with Crippen LogP contribution in [0.5, 0.6) is 5.75 Å². The Morgan fingerprint density at radius 2 is 1.89 bits per heavy atom. The molecule has 1 aromatic heterocycles. The maximum atomic E-state index is 12.4. The van der Waals surface area contributed by atoms with Crippen LogP contribution in [0.4, 0.5) is 5.95 Å². The van der Waals surface area contributed by atoms with Gasteiger partial charge in [0.1, 0.15) is 5.75 Å². The second-order valence-corrected chi connectivity index (χ2v) is 5.78. The van der Waals surface area contributed by atoms with Gasteiger partial charge in [0.05, 0.1) is 36.4 Å². The van der Waals surface area contributed by atoms with E-state index in [0.717, 1.165) is 16.7 Å². The van der Waals surface area contributed by atoms with Crippen LogP contribution in [0.2, 0.25) is 0 Å². The molecule has 144 valence electrons. The van der Waals surface area contributed by atoms with E-state index in [4.69, 9.17) is 15.2 Å². The average Bonchev–Trinajstić information content (AvgIpc) is 3.03. The number of para-hydroxylation sites is 4. The number of hydrogen-bond acceptors (Lipinski definition) is 5. The highest BCUT2D eigenvalue weighted by Crippen LogP contribution is 2.30. The Balaban J connectivity index is 0.00000261. The number of ether oxygens (including phenoxy) is 2. The summed E-state index contributed by atoms with van der Waals surface area (Å²) in [7, 11) is 3.15. The van der Waals surface area contributed by atoms with Crippen LogP contribution in [0.1, 0.15) is 6.42 Å². The summed E-state index contributed by atoms with van der Waals surface area (Å²) in [6.45, 7) is 0.271. The predicted octanol–water partition coefficient (Wildman–Crippen LogP) is 2.76. The second kappa shape index (κ2) is 9.36. The lowest BCUT2D eigenvalue weighted by atomic mass is 10.2. The van der Waals surface area contributed by atoms with Gasteiger partial charge in [0.15, 0.2) is 0 Å². The van der Waals surface area contributed by atoms with Crippen LogP contribution in [0.25, 0.3) is 16.7 Å². The molecule has 0 aliphatic rings. The fraction of sp³-hybridized carbons (Fsp3) is 0.263. The molecular formula is C19H23ClN4O3. The van der Waals surface area contributed by atoms with E-state index >= 15 is 0 Å². The molecule has 3 N–H and O–H groups in total. The Kier molecular flexibility index (Phi) is 7.18. The molecular weight excluding hydrogens is 368 g/mol. The van der Waals surface area contributed by atoms with E-state index in [1.54, 1.807) is 7.11 Å². The molecule has 1 amide bonds. The molecule has 1 heterocycles. The molecule has 0 bridgehead atoms. The van der Waals surface area contributed by atoms with Crippen molar-refractivity contribution in [3.8, 4) is 11.4 Å². The van der Waals surface area contributed by atoms with Crippen molar-refractivity contribution >= 4 is 35.3 Å². The Morgan fingerprint density at radius 3 is 2.59 bits per heavy atom. The number of aromatic nitrogens is 2. The molecule has 3 rings (SSSR count). The monoisotopic (exact) mass is 390 g/mol. The summed E-state index contributed by atoms with van der Waals surface area (Å²) < 4.78 is 12.5. The maximum Gasteiger partial charge on any atom is 0.229 e. The number of nitrogens with two attached hydrogens (primary N) is 1. The number of carbonyl (C=O) groups excluding carboxylic acids is 1. The number of hydrogen-bond donors (Lipinski definition) is 2. The van der Waals surface area contributed by atoms with Crippen molar-refractivity contribution in [1.82, 2.24) is 9.55 Å². The molecule has 3 aromatic rings. The number of halogens is 1. The van der Waals surface area contributed by atoms with Gasteiger partial charge in [-0.1, -0.05) is 24.3 Å². The molecule has 8 heteroatoms. The minimum absolute atomic E-state index is 0. The summed E-state index contributed by atoms with van der Waals surface area (Å²) in [5, 5.41) is 2.87. The number of imidazole rings is 1. The van der Waals surface area contributed by atoms with Crippen molar-refractivity contribution in [3.05, 3.63) is 48.5 Å². The van der Waals surface area contributed by atoms with Gasteiger partial charge < -0.3 is 15.2 Å². The molecule has 1 unspecified atom stereocenters. The zero-order chi connectivity index (χ0) is 18.5. The fourth-order valence-electron chi connectivity index (χ4n) is 2.81. The zero-order valence-corrected chi connectivity index (χ0v) is 16.0. The molecule has 7 nitrogen and oxygen atoms in total. The number of nitrogens with zero attached hydrogens (tertiary/aromatic N) is 2. The minimum atomic E-state index is -0.334. The lowest BCUT2D eigenvalue weighted by Crippen LogP contribution is -2.28. The normalized spacial score (nSPS) is 11.7. The topological polar surface area (TPSA) is 91.4 Å². The van der Waals surface area contributed by atoms with E-state index in [0.29, 0.717) is 11.7 Å². The van der Waals surface area contributed by atoms with Gasteiger partial charge in [0.25, 0.3) is 0 Å². The zero-order valence-electron chi connectivity index (χ0n) is 15.2. The summed E-state index contributed by atoms with van der Waals surface area (Å²) in [6, 6.07) is 15.3. The third-order valence-corrected chi connectivity index (χ3v) is 4.15. The van der Waals surface area contributed by atoms with Gasteiger partial charge in [-0.3, -0.25) is 14.7 Å². The summed E-state index contributed by atoms with van der Waals surface area (Å²) in [6.07, 6.45) is -0.179. The molecule has 0 spiro atoms. The highest BCUT2D eigenvalue weighted by molar-refractivity contribution is 5.93. The van der Waals surface area contributed by atoms with Crippen molar-refractivity contribution < 1.29 is 14.3 Å². The number of methoxy groups -OCH3 is 2. The third-order valence-electron chi connectivity index (χ3n) is 4.15. The number of anilines is 1. The smallest absolute Gasteiger partial charge is 0.229 e. The van der Waals surface area contributed by atoms with Gasteiger partial charge in [-0.15, -0.1) is 12.4 Å². The quantitative estimate of drug-likeness (QED) is 0.647. The first kappa shape index (κ1) is 20.7. The van der Waals surface area contributed by atoms with E-state index in [2.05, 4.69) is 10.3 Å². The molecule has 2 aromatic carbocycles. The van der Waals surface area contributed by atoms with E-state index in [9.17, 15) is 4.79 Å². The molecule has 0 aliphatic heterocycles. The molecule has 27 heavy (non-hydrogen) atoms. The SMILES string of the molecule is COc1ccccc1-n1c(NC(=O)CC(CN)OC)nc2ccccc21.Cl. The number of benzene rings is 2. The van der Waals surface area contributed by atoms with Crippen molar-refractivity contribution in [2.24, 2.45) is 5.73 Å². The van der Waals surface area contributed by atoms with Crippen molar-refractivity contribution in [2.75, 3.05) is 26.1 Å². The van der Waals surface area contributed by atoms with Crippen LogP contribution in [-0.4, -0.2) is 42.3 Å². The van der Waals surface area contributed by atoms with E-state index < -0.39 is 0 Å². The van der Waals surface area contributed by atoms with Gasteiger partial charge in [0, 0.05) is 13.7 Å². The maximum absolute atomic E-state index is 12.4. The van der Waals surface area contributed by atoms with Crippen LogP contribution in [0.15, 0.2) is 48.5 Å². The number of rotatable bonds is 7. The van der Waals surface area contributed by atoms with Crippen LogP contribution < -0.4 is 15.8 Å². The van der Waals surface area contributed by atoms with Crippen LogP contribution in [0, 0.1) is 0 Å². The van der Waals surface area contributed by atoms with Gasteiger partial charge >= 0.3 is 0 Å². The Labute approximate surface area is 163 Å². The van der Waals surface area contributed by atoms with E-state index in [1.165, 1.54) is 7.11 Å². The van der Waals surface area contributed by atoms with Crippen molar-refractivity contribution in [2.45, 2.75) is 12.5 Å². The third kappa shape index (κ3) is 4.39. The van der Waals surface area contributed by atoms with Gasteiger partial charge in [0.2, 0.25) is 11.9 Å². The lowest BCUT2D eigenvalue weighted by Gasteiger charge is -2.15. The molecule has 1 atom stereocenters. The highest BCUT2D eigenvalue weighted by atomic mass is 35.5. The summed E-state index contributed by atoms with van der Waals surface area (Å²) >= 11 is 0. The van der Waals surface area contributed by atoms with Crippen molar-refractivity contribution in [1.29, 1.82) is 0 Å². The largest absolute Gasteiger partial charge is 0.495 e. The van der Waals surface area contributed by atoms with Crippen LogP contribution in [0.3, 0.4) is 0 Å². The molecule has 0 saturated heterocycles. The first-order valence-electron chi connectivity index (χ1n) is 8.31. The Hall–Kier alpha value is -2.61. The average molecular weight is 391 g/mol. The second-order valence-electron chi connectivity index (χ2n) is 5.78. The molecule has 0 aliphatic carbocycles. The number of carbonyl (C=O) groups is 1. The van der Waals surface area contributed by atoms with Crippen LogP contribution in [-0.2, 0) is 9.53 Å². The van der Waals surface area contributed by atoms with Crippen molar-refractivity contribution in [3.63, 3.8) is 0 Å².